The zero-order valence-corrected chi connectivity index (χ0v) is 10.1. The largest absolute Gasteiger partial charge is 0.363 e. The molecule has 15 heavy (non-hydrogen) atoms. The van der Waals surface area contributed by atoms with E-state index >= 15 is 0 Å². The van der Waals surface area contributed by atoms with Gasteiger partial charge in [-0.15, -0.1) is 11.8 Å². The van der Waals surface area contributed by atoms with Gasteiger partial charge in [0.1, 0.15) is 4.93 Å². The maximum Gasteiger partial charge on any atom is 0.222 e. The van der Waals surface area contributed by atoms with Crippen molar-refractivity contribution in [2.75, 3.05) is 25.4 Å². The van der Waals surface area contributed by atoms with Crippen molar-refractivity contribution in [2.24, 2.45) is 0 Å². The highest BCUT2D eigenvalue weighted by molar-refractivity contribution is 8.00. The number of carbonyl (C=O) groups is 1. The van der Waals surface area contributed by atoms with Crippen molar-refractivity contribution in [1.82, 2.24) is 4.90 Å². The van der Waals surface area contributed by atoms with Gasteiger partial charge in [0.25, 0.3) is 0 Å². The molecular formula is C11H19NO2S. The highest BCUT2D eigenvalue weighted by Crippen LogP contribution is 2.41. The summed E-state index contributed by atoms with van der Waals surface area (Å²) >= 11 is 1.93. The maximum absolute atomic E-state index is 11.7. The van der Waals surface area contributed by atoms with Gasteiger partial charge in [0.05, 0.1) is 6.61 Å². The summed E-state index contributed by atoms with van der Waals surface area (Å²) < 4.78 is 5.79. The lowest BCUT2D eigenvalue weighted by molar-refractivity contribution is -0.134. The van der Waals surface area contributed by atoms with Crippen molar-refractivity contribution in [3.05, 3.63) is 0 Å². The number of ether oxygens (including phenoxy) is 1. The molecule has 0 bridgehead atoms. The lowest BCUT2D eigenvalue weighted by Crippen LogP contribution is -2.44. The van der Waals surface area contributed by atoms with Crippen LogP contribution in [-0.4, -0.2) is 41.2 Å². The monoisotopic (exact) mass is 229 g/mol. The number of likely N-dealkylation sites (tertiary alicyclic amines) is 1. The van der Waals surface area contributed by atoms with Gasteiger partial charge in [-0.1, -0.05) is 6.92 Å². The molecule has 1 spiro atoms. The second-order valence-corrected chi connectivity index (χ2v) is 5.68. The van der Waals surface area contributed by atoms with Crippen molar-refractivity contribution in [2.45, 2.75) is 37.5 Å². The molecule has 3 nitrogen and oxygen atoms in total. The summed E-state index contributed by atoms with van der Waals surface area (Å²) in [7, 11) is 0. The van der Waals surface area contributed by atoms with Gasteiger partial charge in [0, 0.05) is 38.1 Å². The Morgan fingerprint density at radius 3 is 2.73 bits per heavy atom. The van der Waals surface area contributed by atoms with Gasteiger partial charge in [-0.2, -0.15) is 0 Å². The molecule has 0 N–H and O–H groups in total. The van der Waals surface area contributed by atoms with Crippen molar-refractivity contribution in [3.63, 3.8) is 0 Å². The SMILES string of the molecule is CCCC(=O)N1CCC2(CC1)OCCS2. The van der Waals surface area contributed by atoms with E-state index in [1.807, 2.05) is 16.7 Å². The molecule has 0 aliphatic carbocycles. The Balaban J connectivity index is 1.83. The third-order valence-corrected chi connectivity index (χ3v) is 4.58. The zero-order valence-electron chi connectivity index (χ0n) is 9.33. The first-order chi connectivity index (χ1) is 7.26. The lowest BCUT2D eigenvalue weighted by Gasteiger charge is -2.37. The molecule has 2 fully saturated rings. The van der Waals surface area contributed by atoms with Crippen molar-refractivity contribution in [1.29, 1.82) is 0 Å². The molecule has 0 aromatic heterocycles. The Bertz CT molecular complexity index is 229. The third-order valence-electron chi connectivity index (χ3n) is 3.16. The molecule has 0 aromatic rings. The molecule has 0 aromatic carbocycles. The summed E-state index contributed by atoms with van der Waals surface area (Å²) in [6.07, 6.45) is 3.66. The Hall–Kier alpha value is -0.220. The Morgan fingerprint density at radius 2 is 2.20 bits per heavy atom. The van der Waals surface area contributed by atoms with Crippen molar-refractivity contribution < 1.29 is 9.53 Å². The molecule has 0 radical (unpaired) electrons. The second kappa shape index (κ2) is 4.74. The maximum atomic E-state index is 11.7. The fourth-order valence-corrected chi connectivity index (χ4v) is 3.43. The smallest absolute Gasteiger partial charge is 0.222 e. The number of piperidine rings is 1. The Kier molecular flexibility index (Phi) is 3.57. The summed E-state index contributed by atoms with van der Waals surface area (Å²) in [5, 5.41) is 0. The number of amides is 1. The van der Waals surface area contributed by atoms with E-state index < -0.39 is 0 Å². The van der Waals surface area contributed by atoms with Gasteiger partial charge in [0.2, 0.25) is 5.91 Å². The first-order valence-electron chi connectivity index (χ1n) is 5.81. The molecule has 2 heterocycles. The predicted octanol–water partition coefficient (Wildman–Crippen LogP) is 1.87. The molecule has 0 unspecified atom stereocenters. The first kappa shape index (κ1) is 11.3. The average molecular weight is 229 g/mol. The number of hydrogen-bond donors (Lipinski definition) is 0. The van der Waals surface area contributed by atoms with Crippen LogP contribution < -0.4 is 0 Å². The average Bonchev–Trinajstić information content (AvgIpc) is 2.68. The predicted molar refractivity (Wildman–Crippen MR) is 61.9 cm³/mol. The van der Waals surface area contributed by atoms with Crippen molar-refractivity contribution in [3.8, 4) is 0 Å². The highest BCUT2D eigenvalue weighted by atomic mass is 32.2. The van der Waals surface area contributed by atoms with Gasteiger partial charge in [0.15, 0.2) is 0 Å². The van der Waals surface area contributed by atoms with E-state index in [4.69, 9.17) is 4.74 Å². The van der Waals surface area contributed by atoms with Gasteiger partial charge in [-0.3, -0.25) is 4.79 Å². The minimum atomic E-state index is 0.0585. The summed E-state index contributed by atoms with van der Waals surface area (Å²) in [4.78, 5) is 13.7. The van der Waals surface area contributed by atoms with Crippen LogP contribution in [0.3, 0.4) is 0 Å². The zero-order chi connectivity index (χ0) is 10.7. The van der Waals surface area contributed by atoms with Crippen LogP contribution >= 0.6 is 11.8 Å². The van der Waals surface area contributed by atoms with Gasteiger partial charge in [-0.05, 0) is 6.42 Å². The van der Waals surface area contributed by atoms with Gasteiger partial charge >= 0.3 is 0 Å². The van der Waals surface area contributed by atoms with Crippen LogP contribution in [0.25, 0.3) is 0 Å². The molecular weight excluding hydrogens is 210 g/mol. The van der Waals surface area contributed by atoms with Crippen LogP contribution in [0.2, 0.25) is 0 Å². The minimum Gasteiger partial charge on any atom is -0.363 e. The van der Waals surface area contributed by atoms with E-state index in [-0.39, 0.29) is 4.93 Å². The number of nitrogens with zero attached hydrogens (tertiary/aromatic N) is 1. The van der Waals surface area contributed by atoms with Gasteiger partial charge < -0.3 is 9.64 Å². The van der Waals surface area contributed by atoms with E-state index in [0.717, 1.165) is 44.7 Å². The van der Waals surface area contributed by atoms with E-state index in [9.17, 15) is 4.79 Å². The van der Waals surface area contributed by atoms with E-state index in [0.29, 0.717) is 12.3 Å². The van der Waals surface area contributed by atoms with Crippen LogP contribution in [0, 0.1) is 0 Å². The van der Waals surface area contributed by atoms with Crippen molar-refractivity contribution >= 4 is 17.7 Å². The van der Waals surface area contributed by atoms with E-state index in [2.05, 4.69) is 6.92 Å². The third kappa shape index (κ3) is 2.48. The number of hydrogen-bond acceptors (Lipinski definition) is 3. The van der Waals surface area contributed by atoms with Crippen LogP contribution in [0.15, 0.2) is 0 Å². The molecule has 2 aliphatic rings. The molecule has 2 saturated heterocycles. The summed E-state index contributed by atoms with van der Waals surface area (Å²) in [5.41, 5.74) is 0. The Morgan fingerprint density at radius 1 is 1.47 bits per heavy atom. The normalized spacial score (nSPS) is 24.7. The number of thioether (sulfide) groups is 1. The fraction of sp³-hybridized carbons (Fsp3) is 0.909. The summed E-state index contributed by atoms with van der Waals surface area (Å²) in [5.74, 6) is 1.43. The molecule has 0 atom stereocenters. The lowest BCUT2D eigenvalue weighted by atomic mass is 10.1. The molecule has 0 saturated carbocycles. The minimum absolute atomic E-state index is 0.0585. The van der Waals surface area contributed by atoms with Crippen LogP contribution in [0.1, 0.15) is 32.6 Å². The van der Waals surface area contributed by atoms with E-state index in [1.54, 1.807) is 0 Å². The quantitative estimate of drug-likeness (QED) is 0.724. The Labute approximate surface area is 95.5 Å². The van der Waals surface area contributed by atoms with Crippen LogP contribution in [0.4, 0.5) is 0 Å². The molecule has 4 heteroatoms. The number of rotatable bonds is 2. The van der Waals surface area contributed by atoms with Gasteiger partial charge in [-0.25, -0.2) is 0 Å². The van der Waals surface area contributed by atoms with Crippen LogP contribution in [0.5, 0.6) is 0 Å². The molecule has 1 amide bonds. The second-order valence-electron chi connectivity index (χ2n) is 4.24. The van der Waals surface area contributed by atoms with Crippen LogP contribution in [-0.2, 0) is 9.53 Å². The topological polar surface area (TPSA) is 29.5 Å². The number of carbonyl (C=O) groups excluding carboxylic acids is 1. The highest BCUT2D eigenvalue weighted by Gasteiger charge is 2.39. The first-order valence-corrected chi connectivity index (χ1v) is 6.80. The summed E-state index contributed by atoms with van der Waals surface area (Å²) in [6, 6.07) is 0. The van der Waals surface area contributed by atoms with E-state index in [1.165, 1.54) is 0 Å². The standard InChI is InChI=1S/C11H19NO2S/c1-2-3-10(13)12-6-4-11(5-7-12)14-8-9-15-11/h2-9H2,1H3. The summed E-state index contributed by atoms with van der Waals surface area (Å²) in [6.45, 7) is 4.70. The fourth-order valence-electron chi connectivity index (χ4n) is 2.25. The molecule has 86 valence electrons. The molecule has 2 rings (SSSR count). The molecule has 2 aliphatic heterocycles.